The Morgan fingerprint density at radius 3 is 2.50 bits per heavy atom. The van der Waals surface area contributed by atoms with Crippen molar-refractivity contribution in [2.75, 3.05) is 19.6 Å². The first-order valence-corrected chi connectivity index (χ1v) is 11.2. The van der Waals surface area contributed by atoms with Crippen LogP contribution < -0.4 is 5.32 Å². The van der Waals surface area contributed by atoms with Gasteiger partial charge in [-0.3, -0.25) is 9.48 Å². The van der Waals surface area contributed by atoms with Gasteiger partial charge in [0, 0.05) is 43.3 Å². The molecule has 2 aromatic rings. The van der Waals surface area contributed by atoms with Crippen LogP contribution in [-0.4, -0.2) is 48.0 Å². The van der Waals surface area contributed by atoms with E-state index in [0.29, 0.717) is 37.5 Å². The number of hydrogen-bond acceptors (Lipinski definition) is 4. The number of nitrogens with one attached hydrogen (secondary N) is 1. The molecule has 2 heterocycles. The predicted octanol–water partition coefficient (Wildman–Crippen LogP) is 2.45. The topological polar surface area (TPSA) is 84.3 Å². The minimum atomic E-state index is -3.54. The molecule has 152 valence electrons. The van der Waals surface area contributed by atoms with Gasteiger partial charge in [-0.15, -0.1) is 0 Å². The molecular weight excluding hydrogens is 400 g/mol. The fourth-order valence-corrected chi connectivity index (χ4v) is 4.89. The van der Waals surface area contributed by atoms with E-state index in [1.54, 1.807) is 12.1 Å². The first-order valence-electron chi connectivity index (χ1n) is 9.40. The van der Waals surface area contributed by atoms with E-state index in [1.165, 1.54) is 16.4 Å². The summed E-state index contributed by atoms with van der Waals surface area (Å²) in [5, 5.41) is 7.77. The molecule has 1 N–H and O–H groups in total. The number of piperidine rings is 1. The van der Waals surface area contributed by atoms with Crippen molar-refractivity contribution in [1.82, 2.24) is 19.4 Å². The molecule has 28 heavy (non-hydrogen) atoms. The SMILES string of the molecule is Cc1ccn(CCCNC(=O)C2CCN(S(=O)(=O)c3ccc(Cl)cc3)CC2)n1. The van der Waals surface area contributed by atoms with Crippen molar-refractivity contribution in [3.63, 3.8) is 0 Å². The van der Waals surface area contributed by atoms with Crippen LogP contribution in [0.3, 0.4) is 0 Å². The lowest BCUT2D eigenvalue weighted by atomic mass is 9.97. The van der Waals surface area contributed by atoms with Gasteiger partial charge >= 0.3 is 0 Å². The molecule has 1 aliphatic rings. The van der Waals surface area contributed by atoms with Gasteiger partial charge in [0.1, 0.15) is 0 Å². The second-order valence-corrected chi connectivity index (χ2v) is 9.37. The van der Waals surface area contributed by atoms with E-state index in [2.05, 4.69) is 10.4 Å². The average molecular weight is 425 g/mol. The van der Waals surface area contributed by atoms with Crippen molar-refractivity contribution in [2.24, 2.45) is 5.92 Å². The molecule has 0 saturated carbocycles. The first-order chi connectivity index (χ1) is 13.4. The quantitative estimate of drug-likeness (QED) is 0.692. The second-order valence-electron chi connectivity index (χ2n) is 7.00. The van der Waals surface area contributed by atoms with Crippen molar-refractivity contribution in [3.8, 4) is 0 Å². The molecule has 7 nitrogen and oxygen atoms in total. The smallest absolute Gasteiger partial charge is 0.243 e. The van der Waals surface area contributed by atoms with Crippen molar-refractivity contribution >= 4 is 27.5 Å². The molecule has 1 aliphatic heterocycles. The van der Waals surface area contributed by atoms with E-state index >= 15 is 0 Å². The number of sulfonamides is 1. The van der Waals surface area contributed by atoms with Crippen molar-refractivity contribution < 1.29 is 13.2 Å². The Morgan fingerprint density at radius 1 is 1.21 bits per heavy atom. The van der Waals surface area contributed by atoms with Crippen LogP contribution in [0.15, 0.2) is 41.4 Å². The molecule has 0 atom stereocenters. The molecule has 1 aromatic heterocycles. The maximum atomic E-state index is 12.7. The maximum absolute atomic E-state index is 12.7. The van der Waals surface area contributed by atoms with Gasteiger partial charge in [-0.2, -0.15) is 9.40 Å². The highest BCUT2D eigenvalue weighted by molar-refractivity contribution is 7.89. The van der Waals surface area contributed by atoms with E-state index in [-0.39, 0.29) is 16.7 Å². The lowest BCUT2D eigenvalue weighted by molar-refractivity contribution is -0.126. The summed E-state index contributed by atoms with van der Waals surface area (Å²) >= 11 is 5.83. The summed E-state index contributed by atoms with van der Waals surface area (Å²) in [6, 6.07) is 8.11. The molecule has 3 rings (SSSR count). The molecule has 0 bridgehead atoms. The summed E-state index contributed by atoms with van der Waals surface area (Å²) in [5.74, 6) is -0.149. The fourth-order valence-electron chi connectivity index (χ4n) is 3.30. The Morgan fingerprint density at radius 2 is 1.89 bits per heavy atom. The van der Waals surface area contributed by atoms with E-state index in [0.717, 1.165) is 18.7 Å². The van der Waals surface area contributed by atoms with Gasteiger partial charge < -0.3 is 5.32 Å². The Hall–Kier alpha value is -1.90. The molecule has 1 amide bonds. The molecule has 1 fully saturated rings. The predicted molar refractivity (Wildman–Crippen MR) is 108 cm³/mol. The number of aryl methyl sites for hydroxylation is 2. The van der Waals surface area contributed by atoms with Crippen LogP contribution in [0.4, 0.5) is 0 Å². The van der Waals surface area contributed by atoms with E-state index in [1.807, 2.05) is 23.9 Å². The summed E-state index contributed by atoms with van der Waals surface area (Å²) in [4.78, 5) is 12.6. The van der Waals surface area contributed by atoms with Gasteiger partial charge in [0.05, 0.1) is 10.6 Å². The van der Waals surface area contributed by atoms with Crippen molar-refractivity contribution in [3.05, 3.63) is 47.2 Å². The van der Waals surface area contributed by atoms with Gasteiger partial charge in [0.25, 0.3) is 0 Å². The monoisotopic (exact) mass is 424 g/mol. The molecular formula is C19H25ClN4O3S. The molecule has 0 unspecified atom stereocenters. The van der Waals surface area contributed by atoms with Gasteiger partial charge in [0.15, 0.2) is 0 Å². The van der Waals surface area contributed by atoms with Gasteiger partial charge in [0.2, 0.25) is 15.9 Å². The van der Waals surface area contributed by atoms with Crippen molar-refractivity contribution in [1.29, 1.82) is 0 Å². The molecule has 0 spiro atoms. The van der Waals surface area contributed by atoms with Gasteiger partial charge in [-0.1, -0.05) is 11.6 Å². The fraction of sp³-hybridized carbons (Fsp3) is 0.474. The molecule has 1 aromatic carbocycles. The number of carbonyl (C=O) groups is 1. The largest absolute Gasteiger partial charge is 0.356 e. The normalized spacial score (nSPS) is 16.2. The molecule has 1 saturated heterocycles. The summed E-state index contributed by atoms with van der Waals surface area (Å²) in [6.07, 6.45) is 3.78. The van der Waals surface area contributed by atoms with Gasteiger partial charge in [-0.25, -0.2) is 8.42 Å². The van der Waals surface area contributed by atoms with Crippen LogP contribution >= 0.6 is 11.6 Å². The highest BCUT2D eigenvalue weighted by atomic mass is 35.5. The summed E-state index contributed by atoms with van der Waals surface area (Å²) in [6.45, 7) is 3.97. The number of halogens is 1. The lowest BCUT2D eigenvalue weighted by Gasteiger charge is -2.30. The van der Waals surface area contributed by atoms with Crippen LogP contribution in [0.2, 0.25) is 5.02 Å². The number of aromatic nitrogens is 2. The van der Waals surface area contributed by atoms with E-state index in [4.69, 9.17) is 11.6 Å². The van der Waals surface area contributed by atoms with Gasteiger partial charge in [-0.05, 0) is 56.5 Å². The average Bonchev–Trinajstić information content (AvgIpc) is 3.10. The van der Waals surface area contributed by atoms with Crippen LogP contribution in [0.25, 0.3) is 0 Å². The Kier molecular flexibility index (Phi) is 6.74. The molecule has 0 radical (unpaired) electrons. The second kappa shape index (κ2) is 9.07. The van der Waals surface area contributed by atoms with E-state index < -0.39 is 10.0 Å². The number of nitrogens with zero attached hydrogens (tertiary/aromatic N) is 3. The Bertz CT molecular complexity index is 904. The standard InChI is InChI=1S/C19H25ClN4O3S/c1-15-7-12-23(22-15)11-2-10-21-19(25)16-8-13-24(14-9-16)28(26,27)18-5-3-17(20)4-6-18/h3-7,12,16H,2,8-11,13-14H2,1H3,(H,21,25). The number of hydrogen-bond donors (Lipinski definition) is 1. The molecule has 0 aliphatic carbocycles. The minimum absolute atomic E-state index is 0.000173. The third-order valence-corrected chi connectivity index (χ3v) is 7.08. The number of rotatable bonds is 7. The summed E-state index contributed by atoms with van der Waals surface area (Å²) in [7, 11) is -3.54. The van der Waals surface area contributed by atoms with Crippen LogP contribution in [0.1, 0.15) is 25.0 Å². The zero-order valence-electron chi connectivity index (χ0n) is 15.8. The summed E-state index contributed by atoms with van der Waals surface area (Å²) < 4.78 is 28.7. The third-order valence-electron chi connectivity index (χ3n) is 4.91. The Labute approximate surface area is 170 Å². The first kappa shape index (κ1) is 20.8. The van der Waals surface area contributed by atoms with E-state index in [9.17, 15) is 13.2 Å². The van der Waals surface area contributed by atoms with Crippen LogP contribution in [0.5, 0.6) is 0 Å². The molecule has 9 heteroatoms. The highest BCUT2D eigenvalue weighted by Crippen LogP contribution is 2.24. The summed E-state index contributed by atoms with van der Waals surface area (Å²) in [5.41, 5.74) is 0.976. The Balaban J connectivity index is 1.44. The number of carbonyl (C=O) groups excluding carboxylic acids is 1. The number of amides is 1. The van der Waals surface area contributed by atoms with Crippen molar-refractivity contribution in [2.45, 2.75) is 37.6 Å². The van der Waals surface area contributed by atoms with Crippen LogP contribution in [0, 0.1) is 12.8 Å². The lowest BCUT2D eigenvalue weighted by Crippen LogP contribution is -2.43. The van der Waals surface area contributed by atoms with Crippen LogP contribution in [-0.2, 0) is 21.4 Å². The number of benzene rings is 1. The zero-order chi connectivity index (χ0) is 20.1. The maximum Gasteiger partial charge on any atom is 0.243 e. The highest BCUT2D eigenvalue weighted by Gasteiger charge is 2.31. The zero-order valence-corrected chi connectivity index (χ0v) is 17.4. The third kappa shape index (κ3) is 5.12. The minimum Gasteiger partial charge on any atom is -0.356 e.